The molecule has 8 rings (SSSR count). The van der Waals surface area contributed by atoms with E-state index in [0.717, 1.165) is 32.7 Å². The molecule has 270 valence electrons. The average molecular weight is 919 g/mol. The monoisotopic (exact) mass is 916 g/mol. The Balaban J connectivity index is 0.000000206. The van der Waals surface area contributed by atoms with Gasteiger partial charge >= 0.3 is 44.8 Å². The number of benzene rings is 8. The van der Waals surface area contributed by atoms with E-state index in [1.807, 2.05) is 84.9 Å². The van der Waals surface area contributed by atoms with Crippen LogP contribution in [0.25, 0.3) is 21.5 Å². The molecule has 0 nitrogen and oxygen atoms in total. The minimum atomic E-state index is -0.783. The SMILES string of the molecule is [Ag+].[Ag+].[C-]#Cc1cccc2ccccc12.[C-]#Cc1cccc2ccccc12.c1ccc([PH+](CC[PH+](c2ccccc2)c2ccccc2)c2ccccc2)cc1. The standard InChI is InChI=1S/C26H24P2.2C12H7.2Ag/c1-5-13-23(14-6-1)27(24-15-7-2-8-16-24)21-22-28(25-17-9-3-10-18-25)26-19-11-4-12-20-26;2*1-2-10-7-5-8-11-6-3-4-9-12(10)11;;/h1-20H,21-22H2;2*3-9H;;/q;2*-1;2*+1/p+2. The molecule has 0 amide bonds. The second-order valence-corrected chi connectivity index (χ2v) is 17.4. The summed E-state index contributed by atoms with van der Waals surface area (Å²) in [5.41, 5.74) is 1.71. The summed E-state index contributed by atoms with van der Waals surface area (Å²) in [7, 11) is -1.57. The van der Waals surface area contributed by atoms with Gasteiger partial charge in [0.2, 0.25) is 0 Å². The second kappa shape index (κ2) is 22.8. The summed E-state index contributed by atoms with van der Waals surface area (Å²) < 4.78 is 0. The summed E-state index contributed by atoms with van der Waals surface area (Å²) >= 11 is 0. The second-order valence-electron chi connectivity index (χ2n) is 12.2. The van der Waals surface area contributed by atoms with Crippen molar-refractivity contribution in [2.45, 2.75) is 0 Å². The summed E-state index contributed by atoms with van der Waals surface area (Å²) in [6.07, 6.45) is 16.7. The van der Waals surface area contributed by atoms with Crippen LogP contribution in [0, 0.1) is 24.7 Å². The quantitative estimate of drug-likeness (QED) is 0.0647. The Morgan fingerprint density at radius 1 is 0.315 bits per heavy atom. The van der Waals surface area contributed by atoms with Gasteiger partial charge < -0.3 is 12.8 Å². The predicted molar refractivity (Wildman–Crippen MR) is 231 cm³/mol. The van der Waals surface area contributed by atoms with Gasteiger partial charge in [0.25, 0.3) is 0 Å². The molecule has 0 aliphatic heterocycles. The third-order valence-electron chi connectivity index (χ3n) is 8.96. The van der Waals surface area contributed by atoms with Crippen molar-refractivity contribution >= 4 is 58.6 Å². The van der Waals surface area contributed by atoms with Crippen molar-refractivity contribution in [2.75, 3.05) is 12.3 Å². The van der Waals surface area contributed by atoms with Crippen molar-refractivity contribution in [2.24, 2.45) is 0 Å². The Bertz CT molecular complexity index is 2120. The first-order valence-corrected chi connectivity index (χ1v) is 20.9. The van der Waals surface area contributed by atoms with E-state index in [-0.39, 0.29) is 44.8 Å². The van der Waals surface area contributed by atoms with Gasteiger partial charge in [-0.3, -0.25) is 11.8 Å². The summed E-state index contributed by atoms with van der Waals surface area (Å²) in [5, 5.41) is 10.6. The van der Waals surface area contributed by atoms with Crippen molar-refractivity contribution in [3.63, 3.8) is 0 Å². The minimum Gasteiger partial charge on any atom is -0.366 e. The fourth-order valence-corrected chi connectivity index (χ4v) is 12.6. The Labute approximate surface area is 355 Å². The molecule has 54 heavy (non-hydrogen) atoms. The Morgan fingerprint density at radius 2 is 0.574 bits per heavy atom. The van der Waals surface area contributed by atoms with Crippen LogP contribution in [0.4, 0.5) is 0 Å². The zero-order valence-corrected chi connectivity index (χ0v) is 34.6. The van der Waals surface area contributed by atoms with Crippen LogP contribution in [0.15, 0.2) is 206 Å². The third-order valence-corrected chi connectivity index (χ3v) is 15.1. The van der Waals surface area contributed by atoms with Gasteiger partial charge in [-0.25, -0.2) is 0 Å². The summed E-state index contributed by atoms with van der Waals surface area (Å²) in [4.78, 5) is 0. The number of rotatable bonds is 7. The predicted octanol–water partition coefficient (Wildman–Crippen LogP) is 10.3. The van der Waals surface area contributed by atoms with Crippen molar-refractivity contribution in [3.8, 4) is 11.8 Å². The first-order valence-electron chi connectivity index (χ1n) is 17.5. The number of fused-ring (bicyclic) bond motifs is 2. The fourth-order valence-electron chi connectivity index (χ4n) is 6.39. The van der Waals surface area contributed by atoms with Crippen molar-refractivity contribution in [3.05, 3.63) is 230 Å². The van der Waals surface area contributed by atoms with Crippen LogP contribution < -0.4 is 21.2 Å². The molecule has 0 N–H and O–H groups in total. The molecule has 0 spiro atoms. The molecular weight excluding hydrogens is 878 g/mol. The van der Waals surface area contributed by atoms with E-state index in [2.05, 4.69) is 133 Å². The van der Waals surface area contributed by atoms with Gasteiger partial charge in [0.15, 0.2) is 0 Å². The zero-order chi connectivity index (χ0) is 35.8. The summed E-state index contributed by atoms with van der Waals surface area (Å²) in [5.74, 6) is 4.84. The van der Waals surface area contributed by atoms with E-state index >= 15 is 0 Å². The summed E-state index contributed by atoms with van der Waals surface area (Å²) in [6.45, 7) is 0. The van der Waals surface area contributed by atoms with Crippen molar-refractivity contribution in [1.82, 2.24) is 0 Å². The molecule has 8 aromatic rings. The molecular formula is C50H40Ag2P2+2. The maximum Gasteiger partial charge on any atom is 1.00 e. The van der Waals surface area contributed by atoms with Crippen LogP contribution in [0.3, 0.4) is 0 Å². The molecule has 0 bridgehead atoms. The number of hydrogen-bond donors (Lipinski definition) is 0. The molecule has 0 fully saturated rings. The van der Waals surface area contributed by atoms with Crippen LogP contribution in [0.1, 0.15) is 11.1 Å². The zero-order valence-electron chi connectivity index (χ0n) is 29.6. The Hall–Kier alpha value is -4.26. The maximum absolute atomic E-state index is 7.08. The smallest absolute Gasteiger partial charge is 0.366 e. The van der Waals surface area contributed by atoms with Gasteiger partial charge in [-0.15, -0.1) is 23.3 Å². The molecule has 0 aliphatic rings. The average Bonchev–Trinajstić information content (AvgIpc) is 3.24. The van der Waals surface area contributed by atoms with Crippen LogP contribution in [0.2, 0.25) is 0 Å². The maximum atomic E-state index is 7.08. The molecule has 0 radical (unpaired) electrons. The van der Waals surface area contributed by atoms with E-state index in [1.54, 1.807) is 0 Å². The molecule has 0 aliphatic carbocycles. The van der Waals surface area contributed by atoms with Gasteiger partial charge in [0.05, 0.1) is 37.1 Å². The molecule has 0 atom stereocenters. The van der Waals surface area contributed by atoms with E-state index in [1.165, 1.54) is 33.5 Å². The van der Waals surface area contributed by atoms with E-state index in [0.29, 0.717) is 0 Å². The van der Waals surface area contributed by atoms with Crippen LogP contribution in [-0.4, -0.2) is 12.3 Å². The molecule has 8 aromatic carbocycles. The van der Waals surface area contributed by atoms with Gasteiger partial charge in [-0.2, -0.15) is 0 Å². The molecule has 4 heteroatoms. The molecule has 0 aromatic heterocycles. The van der Waals surface area contributed by atoms with Gasteiger partial charge in [-0.05, 0) is 59.3 Å². The molecule has 0 saturated heterocycles. The van der Waals surface area contributed by atoms with Crippen LogP contribution >= 0.6 is 15.8 Å². The van der Waals surface area contributed by atoms with Gasteiger partial charge in [-0.1, -0.05) is 156 Å². The van der Waals surface area contributed by atoms with E-state index in [9.17, 15) is 0 Å². The molecule has 0 saturated carbocycles. The summed E-state index contributed by atoms with van der Waals surface area (Å²) in [6, 6.07) is 72.3. The topological polar surface area (TPSA) is 0 Å². The normalized spacial score (nSPS) is 10.0. The first-order chi connectivity index (χ1) is 25.7. The fraction of sp³-hybridized carbons (Fsp3) is 0.0400. The largest absolute Gasteiger partial charge is 1.00 e. The van der Waals surface area contributed by atoms with Gasteiger partial charge in [0, 0.05) is 0 Å². The molecule has 0 unspecified atom stereocenters. The third kappa shape index (κ3) is 11.6. The number of hydrogen-bond acceptors (Lipinski definition) is 0. The van der Waals surface area contributed by atoms with Crippen LogP contribution in [-0.2, 0) is 44.8 Å². The molecule has 0 heterocycles. The Morgan fingerprint density at radius 3 is 0.870 bits per heavy atom. The first kappa shape index (κ1) is 42.5. The minimum absolute atomic E-state index is 0. The van der Waals surface area contributed by atoms with Gasteiger partial charge in [0.1, 0.15) is 12.3 Å². The van der Waals surface area contributed by atoms with E-state index < -0.39 is 15.8 Å². The van der Waals surface area contributed by atoms with Crippen molar-refractivity contribution in [1.29, 1.82) is 0 Å². The van der Waals surface area contributed by atoms with Crippen molar-refractivity contribution < 1.29 is 44.8 Å². The van der Waals surface area contributed by atoms with Crippen LogP contribution in [0.5, 0.6) is 0 Å². The van der Waals surface area contributed by atoms with E-state index in [4.69, 9.17) is 12.8 Å². The Kier molecular flexibility index (Phi) is 18.0.